The molecule has 0 saturated heterocycles. The molecule has 5 nitrogen and oxygen atoms in total. The number of methoxy groups -OCH3 is 1. The molecule has 0 atom stereocenters. The Morgan fingerprint density at radius 1 is 1.24 bits per heavy atom. The Labute approximate surface area is 107 Å². The van der Waals surface area contributed by atoms with E-state index >= 15 is 0 Å². The van der Waals surface area contributed by atoms with Gasteiger partial charge in [-0.25, -0.2) is 4.98 Å². The summed E-state index contributed by atoms with van der Waals surface area (Å²) in [5.74, 6) is 1.98. The van der Waals surface area contributed by atoms with E-state index < -0.39 is 0 Å². The van der Waals surface area contributed by atoms with Gasteiger partial charge in [0, 0.05) is 0 Å². The van der Waals surface area contributed by atoms with Gasteiger partial charge in [0.05, 0.1) is 11.6 Å². The average molecular weight is 296 g/mol. The maximum Gasteiger partial charge on any atom is 0.325 e. The van der Waals surface area contributed by atoms with Gasteiger partial charge < -0.3 is 9.47 Å². The summed E-state index contributed by atoms with van der Waals surface area (Å²) in [6.07, 6.45) is 1.41. The van der Waals surface area contributed by atoms with Crippen LogP contribution in [0.15, 0.2) is 29.0 Å². The molecule has 0 saturated carbocycles. The second kappa shape index (κ2) is 5.09. The molecule has 0 aliphatic carbocycles. The highest BCUT2D eigenvalue weighted by Gasteiger charge is 2.05. The summed E-state index contributed by atoms with van der Waals surface area (Å²) < 4.78 is 11.4. The van der Waals surface area contributed by atoms with Gasteiger partial charge in [0.15, 0.2) is 0 Å². The quantitative estimate of drug-likeness (QED) is 0.871. The van der Waals surface area contributed by atoms with E-state index in [1.165, 1.54) is 6.33 Å². The SMILES string of the molecule is COc1ccc(Oc2ncnc(C)n2)cc1Br. The standard InChI is InChI=1S/C11H10BrN3O2/c1-7-13-6-14-11(15-7)17-8-3-4-10(16-2)9(12)5-8/h3-6H,1-2H3. The third-order valence-corrected chi connectivity index (χ3v) is 2.62. The normalized spacial score (nSPS) is 10.1. The lowest BCUT2D eigenvalue weighted by molar-refractivity contribution is 0.407. The number of hydrogen-bond acceptors (Lipinski definition) is 5. The van der Waals surface area contributed by atoms with Gasteiger partial charge in [-0.3, -0.25) is 0 Å². The van der Waals surface area contributed by atoms with Gasteiger partial charge in [0.2, 0.25) is 0 Å². The highest BCUT2D eigenvalue weighted by Crippen LogP contribution is 2.30. The van der Waals surface area contributed by atoms with Gasteiger partial charge in [-0.2, -0.15) is 9.97 Å². The number of rotatable bonds is 3. The van der Waals surface area contributed by atoms with E-state index in [0.717, 1.165) is 10.2 Å². The lowest BCUT2D eigenvalue weighted by Crippen LogP contribution is -1.95. The number of nitrogens with zero attached hydrogens (tertiary/aromatic N) is 3. The topological polar surface area (TPSA) is 57.1 Å². The first kappa shape index (κ1) is 11.8. The van der Waals surface area contributed by atoms with Crippen molar-refractivity contribution in [3.8, 4) is 17.5 Å². The van der Waals surface area contributed by atoms with Crippen molar-refractivity contribution in [2.75, 3.05) is 7.11 Å². The van der Waals surface area contributed by atoms with E-state index in [1.54, 1.807) is 32.2 Å². The minimum absolute atomic E-state index is 0.273. The number of halogens is 1. The lowest BCUT2D eigenvalue weighted by atomic mass is 10.3. The molecule has 2 rings (SSSR count). The third-order valence-electron chi connectivity index (χ3n) is 2.00. The van der Waals surface area contributed by atoms with Crippen LogP contribution < -0.4 is 9.47 Å². The molecule has 1 heterocycles. The molecule has 17 heavy (non-hydrogen) atoms. The Morgan fingerprint density at radius 3 is 2.71 bits per heavy atom. The number of ether oxygens (including phenoxy) is 2. The van der Waals surface area contributed by atoms with E-state index in [9.17, 15) is 0 Å². The average Bonchev–Trinajstić information content (AvgIpc) is 2.29. The summed E-state index contributed by atoms with van der Waals surface area (Å²) in [7, 11) is 1.61. The van der Waals surface area contributed by atoms with Crippen molar-refractivity contribution in [1.29, 1.82) is 0 Å². The summed E-state index contributed by atoms with van der Waals surface area (Å²) >= 11 is 3.38. The van der Waals surface area contributed by atoms with Crippen molar-refractivity contribution >= 4 is 15.9 Å². The van der Waals surface area contributed by atoms with Crippen molar-refractivity contribution in [1.82, 2.24) is 15.0 Å². The third kappa shape index (κ3) is 2.91. The minimum atomic E-state index is 0.273. The predicted octanol–water partition coefficient (Wildman–Crippen LogP) is 2.74. The Morgan fingerprint density at radius 2 is 2.06 bits per heavy atom. The van der Waals surface area contributed by atoms with E-state index in [-0.39, 0.29) is 6.01 Å². The molecule has 2 aromatic rings. The maximum atomic E-state index is 5.49. The van der Waals surface area contributed by atoms with Gasteiger partial charge in [0.1, 0.15) is 23.7 Å². The van der Waals surface area contributed by atoms with Crippen molar-refractivity contribution in [3.05, 3.63) is 34.8 Å². The number of aromatic nitrogens is 3. The zero-order valence-electron chi connectivity index (χ0n) is 9.35. The molecule has 0 N–H and O–H groups in total. The fraction of sp³-hybridized carbons (Fsp3) is 0.182. The Kier molecular flexibility index (Phi) is 3.53. The molecule has 0 radical (unpaired) electrons. The van der Waals surface area contributed by atoms with E-state index in [2.05, 4.69) is 30.9 Å². The van der Waals surface area contributed by atoms with Crippen molar-refractivity contribution in [3.63, 3.8) is 0 Å². The minimum Gasteiger partial charge on any atom is -0.496 e. The molecule has 0 aliphatic rings. The molecule has 0 bridgehead atoms. The molecule has 0 amide bonds. The zero-order chi connectivity index (χ0) is 12.3. The Hall–Kier alpha value is -1.69. The Bertz CT molecular complexity index is 534. The summed E-state index contributed by atoms with van der Waals surface area (Å²) in [5.41, 5.74) is 0. The molecular formula is C11H10BrN3O2. The van der Waals surface area contributed by atoms with Gasteiger partial charge in [-0.05, 0) is 41.1 Å². The molecular weight excluding hydrogens is 286 g/mol. The van der Waals surface area contributed by atoms with Crippen LogP contribution in [-0.4, -0.2) is 22.1 Å². The van der Waals surface area contributed by atoms with Crippen LogP contribution in [0.5, 0.6) is 17.5 Å². The van der Waals surface area contributed by atoms with Crippen LogP contribution in [0.2, 0.25) is 0 Å². The fourth-order valence-electron chi connectivity index (χ4n) is 1.22. The smallest absolute Gasteiger partial charge is 0.325 e. The van der Waals surface area contributed by atoms with Gasteiger partial charge in [0.25, 0.3) is 0 Å². The molecule has 0 aliphatic heterocycles. The molecule has 0 fully saturated rings. The van der Waals surface area contributed by atoms with Crippen LogP contribution >= 0.6 is 15.9 Å². The van der Waals surface area contributed by atoms with Crippen LogP contribution in [0, 0.1) is 6.92 Å². The van der Waals surface area contributed by atoms with Gasteiger partial charge >= 0.3 is 6.01 Å². The first-order valence-corrected chi connectivity index (χ1v) is 5.65. The molecule has 0 unspecified atom stereocenters. The lowest BCUT2D eigenvalue weighted by Gasteiger charge is -2.06. The highest BCUT2D eigenvalue weighted by atomic mass is 79.9. The first-order valence-electron chi connectivity index (χ1n) is 4.86. The summed E-state index contributed by atoms with van der Waals surface area (Å²) in [4.78, 5) is 11.9. The molecule has 0 spiro atoms. The van der Waals surface area contributed by atoms with Crippen LogP contribution in [0.3, 0.4) is 0 Å². The monoisotopic (exact) mass is 295 g/mol. The summed E-state index contributed by atoms with van der Waals surface area (Å²) in [5, 5.41) is 0. The van der Waals surface area contributed by atoms with Crippen LogP contribution in [0.1, 0.15) is 5.82 Å². The van der Waals surface area contributed by atoms with Gasteiger partial charge in [-0.15, -0.1) is 0 Å². The van der Waals surface area contributed by atoms with E-state index in [0.29, 0.717) is 11.6 Å². The fourth-order valence-corrected chi connectivity index (χ4v) is 1.74. The second-order valence-corrected chi connectivity index (χ2v) is 4.07. The van der Waals surface area contributed by atoms with Crippen molar-refractivity contribution < 1.29 is 9.47 Å². The maximum absolute atomic E-state index is 5.49. The second-order valence-electron chi connectivity index (χ2n) is 3.21. The van der Waals surface area contributed by atoms with Gasteiger partial charge in [-0.1, -0.05) is 0 Å². The van der Waals surface area contributed by atoms with E-state index in [1.807, 2.05) is 0 Å². The largest absolute Gasteiger partial charge is 0.496 e. The summed E-state index contributed by atoms with van der Waals surface area (Å²) in [6.45, 7) is 1.78. The van der Waals surface area contributed by atoms with Crippen molar-refractivity contribution in [2.45, 2.75) is 6.92 Å². The number of aryl methyl sites for hydroxylation is 1. The molecule has 6 heteroatoms. The van der Waals surface area contributed by atoms with Crippen LogP contribution in [-0.2, 0) is 0 Å². The van der Waals surface area contributed by atoms with Crippen molar-refractivity contribution in [2.24, 2.45) is 0 Å². The molecule has 1 aromatic carbocycles. The van der Waals surface area contributed by atoms with Crippen LogP contribution in [0.4, 0.5) is 0 Å². The molecule has 88 valence electrons. The number of benzene rings is 1. The van der Waals surface area contributed by atoms with E-state index in [4.69, 9.17) is 9.47 Å². The number of hydrogen-bond donors (Lipinski definition) is 0. The first-order chi connectivity index (χ1) is 8.19. The summed E-state index contributed by atoms with van der Waals surface area (Å²) in [6, 6.07) is 5.64. The molecule has 1 aromatic heterocycles. The predicted molar refractivity (Wildman–Crippen MR) is 65.3 cm³/mol. The zero-order valence-corrected chi connectivity index (χ0v) is 10.9. The Balaban J connectivity index is 2.22. The highest BCUT2D eigenvalue weighted by molar-refractivity contribution is 9.10. The van der Waals surface area contributed by atoms with Crippen LogP contribution in [0.25, 0.3) is 0 Å².